The topological polar surface area (TPSA) is 21.3 Å². The summed E-state index contributed by atoms with van der Waals surface area (Å²) in [5, 5.41) is 2.96. The third kappa shape index (κ3) is 5.06. The maximum absolute atomic E-state index is 12.0. The van der Waals surface area contributed by atoms with Crippen molar-refractivity contribution in [1.29, 1.82) is 0 Å². The van der Waals surface area contributed by atoms with Crippen molar-refractivity contribution in [2.75, 3.05) is 20.3 Å². The fourth-order valence-corrected chi connectivity index (χ4v) is 1.67. The van der Waals surface area contributed by atoms with Crippen LogP contribution in [0.1, 0.15) is 24.1 Å². The van der Waals surface area contributed by atoms with Crippen LogP contribution >= 0.6 is 0 Å². The van der Waals surface area contributed by atoms with Gasteiger partial charge in [-0.3, -0.25) is 0 Å². The Morgan fingerprint density at radius 2 is 2.06 bits per heavy atom. The summed E-state index contributed by atoms with van der Waals surface area (Å²) in [6.07, 6.45) is -3.38. The largest absolute Gasteiger partial charge is 0.411 e. The molecule has 0 aliphatic heterocycles. The highest BCUT2D eigenvalue weighted by Crippen LogP contribution is 2.18. The Kier molecular flexibility index (Phi) is 5.62. The van der Waals surface area contributed by atoms with Gasteiger partial charge in [-0.15, -0.1) is 0 Å². The zero-order valence-electron chi connectivity index (χ0n) is 10.6. The second-order valence-electron chi connectivity index (χ2n) is 4.07. The first-order chi connectivity index (χ1) is 8.46. The SMILES string of the molecule is CCc1cccc(C(COCC(F)(F)F)NC)c1. The third-order valence-corrected chi connectivity index (χ3v) is 2.66. The highest BCUT2D eigenvalue weighted by Gasteiger charge is 2.27. The molecule has 1 unspecified atom stereocenters. The van der Waals surface area contributed by atoms with Crippen molar-refractivity contribution in [1.82, 2.24) is 5.32 Å². The molecular formula is C13H18F3NO. The minimum Gasteiger partial charge on any atom is -0.370 e. The van der Waals surface area contributed by atoms with E-state index in [-0.39, 0.29) is 12.6 Å². The quantitative estimate of drug-likeness (QED) is 0.849. The van der Waals surface area contributed by atoms with Crippen molar-refractivity contribution >= 4 is 0 Å². The van der Waals surface area contributed by atoms with E-state index in [0.717, 1.165) is 17.5 Å². The Bertz CT molecular complexity index is 365. The van der Waals surface area contributed by atoms with Crippen LogP contribution in [0, 0.1) is 0 Å². The summed E-state index contributed by atoms with van der Waals surface area (Å²) < 4.78 is 40.6. The van der Waals surface area contributed by atoms with Crippen LogP contribution in [0.2, 0.25) is 0 Å². The predicted molar refractivity (Wildman–Crippen MR) is 64.5 cm³/mol. The van der Waals surface area contributed by atoms with E-state index in [2.05, 4.69) is 5.32 Å². The smallest absolute Gasteiger partial charge is 0.370 e. The van der Waals surface area contributed by atoms with Gasteiger partial charge in [0.25, 0.3) is 0 Å². The molecule has 0 heterocycles. The molecule has 0 amide bonds. The molecule has 1 rings (SSSR count). The van der Waals surface area contributed by atoms with Gasteiger partial charge in [0.2, 0.25) is 0 Å². The summed E-state index contributed by atoms with van der Waals surface area (Å²) in [5.41, 5.74) is 2.10. The number of nitrogens with one attached hydrogen (secondary N) is 1. The number of rotatable bonds is 6. The molecule has 0 saturated carbocycles. The normalized spacial score (nSPS) is 13.6. The maximum Gasteiger partial charge on any atom is 0.411 e. The molecule has 1 N–H and O–H groups in total. The summed E-state index contributed by atoms with van der Waals surface area (Å²) in [4.78, 5) is 0. The van der Waals surface area contributed by atoms with E-state index in [9.17, 15) is 13.2 Å². The molecule has 1 atom stereocenters. The minimum atomic E-state index is -4.27. The van der Waals surface area contributed by atoms with Gasteiger partial charge in [-0.2, -0.15) is 13.2 Å². The van der Waals surface area contributed by atoms with Crippen molar-refractivity contribution < 1.29 is 17.9 Å². The van der Waals surface area contributed by atoms with Crippen LogP contribution in [0.4, 0.5) is 13.2 Å². The molecule has 102 valence electrons. The third-order valence-electron chi connectivity index (χ3n) is 2.66. The van der Waals surface area contributed by atoms with Crippen LogP contribution < -0.4 is 5.32 Å². The van der Waals surface area contributed by atoms with Gasteiger partial charge in [0, 0.05) is 0 Å². The van der Waals surface area contributed by atoms with Crippen LogP contribution in [-0.4, -0.2) is 26.4 Å². The van der Waals surface area contributed by atoms with Gasteiger partial charge in [0.05, 0.1) is 12.6 Å². The van der Waals surface area contributed by atoms with Crippen LogP contribution in [0.25, 0.3) is 0 Å². The fourth-order valence-electron chi connectivity index (χ4n) is 1.67. The Hall–Kier alpha value is -1.07. The van der Waals surface area contributed by atoms with Gasteiger partial charge in [-0.05, 0) is 24.6 Å². The Morgan fingerprint density at radius 3 is 2.61 bits per heavy atom. The molecule has 1 aromatic carbocycles. The highest BCUT2D eigenvalue weighted by molar-refractivity contribution is 5.26. The second-order valence-corrected chi connectivity index (χ2v) is 4.07. The molecule has 0 spiro atoms. The lowest BCUT2D eigenvalue weighted by molar-refractivity contribution is -0.175. The summed E-state index contributed by atoms with van der Waals surface area (Å²) in [7, 11) is 1.71. The Balaban J connectivity index is 2.59. The molecule has 0 aromatic heterocycles. The van der Waals surface area contributed by atoms with Crippen molar-refractivity contribution in [3.63, 3.8) is 0 Å². The number of aryl methyl sites for hydroxylation is 1. The summed E-state index contributed by atoms with van der Waals surface area (Å²) in [6, 6.07) is 7.55. The number of halogens is 3. The average Bonchev–Trinajstić information content (AvgIpc) is 2.33. The van der Waals surface area contributed by atoms with Crippen molar-refractivity contribution in [3.8, 4) is 0 Å². The van der Waals surface area contributed by atoms with Crippen LogP contribution in [0.5, 0.6) is 0 Å². The van der Waals surface area contributed by atoms with E-state index < -0.39 is 12.8 Å². The van der Waals surface area contributed by atoms with E-state index >= 15 is 0 Å². The Morgan fingerprint density at radius 1 is 1.33 bits per heavy atom. The lowest BCUT2D eigenvalue weighted by atomic mass is 10.0. The monoisotopic (exact) mass is 261 g/mol. The average molecular weight is 261 g/mol. The standard InChI is InChI=1S/C13H18F3NO/c1-3-10-5-4-6-11(7-10)12(17-2)8-18-9-13(14,15)16/h4-7,12,17H,3,8-9H2,1-2H3. The van der Waals surface area contributed by atoms with Crippen LogP contribution in [-0.2, 0) is 11.2 Å². The molecule has 0 radical (unpaired) electrons. The van der Waals surface area contributed by atoms with E-state index in [1.165, 1.54) is 0 Å². The molecule has 5 heteroatoms. The van der Waals surface area contributed by atoms with Crippen molar-refractivity contribution in [2.45, 2.75) is 25.6 Å². The number of ether oxygens (including phenoxy) is 1. The molecule has 2 nitrogen and oxygen atoms in total. The molecule has 0 fully saturated rings. The molecule has 0 aliphatic carbocycles. The first kappa shape index (κ1) is 15.0. The molecule has 18 heavy (non-hydrogen) atoms. The highest BCUT2D eigenvalue weighted by atomic mass is 19.4. The number of benzene rings is 1. The summed E-state index contributed by atoms with van der Waals surface area (Å²) >= 11 is 0. The van der Waals surface area contributed by atoms with Crippen LogP contribution in [0.15, 0.2) is 24.3 Å². The van der Waals surface area contributed by atoms with Crippen LogP contribution in [0.3, 0.4) is 0 Å². The zero-order valence-corrected chi connectivity index (χ0v) is 10.6. The zero-order chi connectivity index (χ0) is 13.6. The number of alkyl halides is 3. The van der Waals surface area contributed by atoms with E-state index in [4.69, 9.17) is 4.74 Å². The van der Waals surface area contributed by atoms with Gasteiger partial charge in [0.15, 0.2) is 0 Å². The van der Waals surface area contributed by atoms with Gasteiger partial charge in [-0.25, -0.2) is 0 Å². The maximum atomic E-state index is 12.0. The van der Waals surface area contributed by atoms with Crippen molar-refractivity contribution in [3.05, 3.63) is 35.4 Å². The number of hydrogen-bond acceptors (Lipinski definition) is 2. The molecule has 0 saturated heterocycles. The predicted octanol–water partition coefficient (Wildman–Crippen LogP) is 3.09. The summed E-state index contributed by atoms with van der Waals surface area (Å²) in [6.45, 7) is 0.829. The van der Waals surface area contributed by atoms with E-state index in [1.807, 2.05) is 31.2 Å². The Labute approximate surface area is 105 Å². The minimum absolute atomic E-state index is 0.00315. The van der Waals surface area contributed by atoms with Crippen molar-refractivity contribution in [2.24, 2.45) is 0 Å². The fraction of sp³-hybridized carbons (Fsp3) is 0.538. The van der Waals surface area contributed by atoms with Gasteiger partial charge < -0.3 is 10.1 Å². The van der Waals surface area contributed by atoms with Gasteiger partial charge in [-0.1, -0.05) is 31.2 Å². The van der Waals surface area contributed by atoms with Gasteiger partial charge in [0.1, 0.15) is 6.61 Å². The second kappa shape index (κ2) is 6.75. The summed E-state index contributed by atoms with van der Waals surface area (Å²) in [5.74, 6) is 0. The number of likely N-dealkylation sites (N-methyl/N-ethyl adjacent to an activating group) is 1. The van der Waals surface area contributed by atoms with Gasteiger partial charge >= 0.3 is 6.18 Å². The van der Waals surface area contributed by atoms with E-state index in [1.54, 1.807) is 7.05 Å². The molecular weight excluding hydrogens is 243 g/mol. The lowest BCUT2D eigenvalue weighted by Crippen LogP contribution is -2.25. The van der Waals surface area contributed by atoms with E-state index in [0.29, 0.717) is 0 Å². The first-order valence-corrected chi connectivity index (χ1v) is 5.87. The molecule has 0 aliphatic rings. The molecule has 1 aromatic rings. The lowest BCUT2D eigenvalue weighted by Gasteiger charge is -2.18. The first-order valence-electron chi connectivity index (χ1n) is 5.87. The number of hydrogen-bond donors (Lipinski definition) is 1. The molecule has 0 bridgehead atoms.